The maximum absolute atomic E-state index is 5.46. The predicted molar refractivity (Wildman–Crippen MR) is 120 cm³/mol. The molecule has 0 bridgehead atoms. The second kappa shape index (κ2) is 10.0. The highest BCUT2D eigenvalue weighted by molar-refractivity contribution is 5.80. The molecule has 0 aliphatic carbocycles. The van der Waals surface area contributed by atoms with Gasteiger partial charge in [0.2, 0.25) is 0 Å². The van der Waals surface area contributed by atoms with E-state index < -0.39 is 0 Å². The van der Waals surface area contributed by atoms with Gasteiger partial charge in [0, 0.05) is 27.2 Å². The third-order valence-electron chi connectivity index (χ3n) is 5.00. The van der Waals surface area contributed by atoms with Crippen LogP contribution >= 0.6 is 0 Å². The molecule has 1 aromatic heterocycles. The van der Waals surface area contributed by atoms with Crippen LogP contribution in [-0.2, 0) is 17.8 Å². The number of nitrogens with zero attached hydrogens (tertiary/aromatic N) is 4. The van der Waals surface area contributed by atoms with Gasteiger partial charge in [0.1, 0.15) is 12.7 Å². The minimum Gasteiger partial charge on any atom is -0.377 e. The summed E-state index contributed by atoms with van der Waals surface area (Å²) >= 11 is 0. The summed E-state index contributed by atoms with van der Waals surface area (Å²) in [6.07, 6.45) is 3.28. The molecule has 0 saturated carbocycles. The lowest BCUT2D eigenvalue weighted by atomic mass is 9.98. The summed E-state index contributed by atoms with van der Waals surface area (Å²) in [6.45, 7) is 6.12. The van der Waals surface area contributed by atoms with Crippen LogP contribution < -0.4 is 10.6 Å². The molecule has 2 N–H and O–H groups in total. The minimum atomic E-state index is -0.260. The molecule has 0 radical (unpaired) electrons. The van der Waals surface area contributed by atoms with Gasteiger partial charge in [-0.05, 0) is 36.1 Å². The fraction of sp³-hybridized carbons (Fsp3) is 0.348. The normalized spacial score (nSPS) is 12.1. The molecule has 7 heteroatoms. The first kappa shape index (κ1) is 21.5. The van der Waals surface area contributed by atoms with Crippen LogP contribution in [-0.4, -0.2) is 47.0 Å². The van der Waals surface area contributed by atoms with Crippen molar-refractivity contribution in [1.82, 2.24) is 25.4 Å². The zero-order valence-electron chi connectivity index (χ0n) is 18.1. The summed E-state index contributed by atoms with van der Waals surface area (Å²) in [5.41, 5.74) is 4.51. The van der Waals surface area contributed by atoms with Crippen LogP contribution in [0, 0.1) is 0 Å². The Balaban J connectivity index is 1.67. The third kappa shape index (κ3) is 5.90. The van der Waals surface area contributed by atoms with Crippen molar-refractivity contribution in [1.29, 1.82) is 0 Å². The standard InChI is InChI=1S/C23H30N6O/c1-23(2,30-4)15-27-22(24-3)26-13-20-7-5-6-8-21(20)19-11-9-18(10-12-19)14-29-17-25-16-28-29/h5-12,16-17H,13-15H2,1-4H3,(H2,24,26,27). The fourth-order valence-electron chi connectivity index (χ4n) is 3.02. The largest absolute Gasteiger partial charge is 0.377 e. The molecule has 3 rings (SSSR count). The zero-order chi connectivity index (χ0) is 21.4. The third-order valence-corrected chi connectivity index (χ3v) is 5.00. The van der Waals surface area contributed by atoms with Gasteiger partial charge in [-0.1, -0.05) is 48.5 Å². The summed E-state index contributed by atoms with van der Waals surface area (Å²) in [6, 6.07) is 17.0. The Labute approximate surface area is 178 Å². The highest BCUT2D eigenvalue weighted by Crippen LogP contribution is 2.24. The van der Waals surface area contributed by atoms with E-state index in [1.165, 1.54) is 22.3 Å². The number of aromatic nitrogens is 3. The average Bonchev–Trinajstić information content (AvgIpc) is 3.28. The molecule has 7 nitrogen and oxygen atoms in total. The van der Waals surface area contributed by atoms with Gasteiger partial charge in [0.05, 0.1) is 12.1 Å². The molecule has 1 heterocycles. The van der Waals surface area contributed by atoms with Crippen LogP contribution in [0.1, 0.15) is 25.0 Å². The van der Waals surface area contributed by atoms with E-state index in [2.05, 4.69) is 74.2 Å². The SMILES string of the molecule is CN=C(NCc1ccccc1-c1ccc(Cn2cncn2)cc1)NCC(C)(C)OC. The maximum atomic E-state index is 5.46. The van der Waals surface area contributed by atoms with Crippen LogP contribution in [0.4, 0.5) is 0 Å². The highest BCUT2D eigenvalue weighted by Gasteiger charge is 2.16. The molecular formula is C23H30N6O. The number of rotatable bonds is 8. The van der Waals surface area contributed by atoms with Gasteiger partial charge in [-0.2, -0.15) is 5.10 Å². The Morgan fingerprint density at radius 1 is 1.10 bits per heavy atom. The van der Waals surface area contributed by atoms with Crippen molar-refractivity contribution in [2.75, 3.05) is 20.7 Å². The number of aliphatic imine (C=N–C) groups is 1. The number of guanidine groups is 1. The van der Waals surface area contributed by atoms with Crippen LogP contribution in [0.5, 0.6) is 0 Å². The molecule has 0 aliphatic heterocycles. The quantitative estimate of drug-likeness (QED) is 0.444. The summed E-state index contributed by atoms with van der Waals surface area (Å²) in [5.74, 6) is 0.748. The van der Waals surface area contributed by atoms with E-state index in [9.17, 15) is 0 Å². The number of ether oxygens (including phenoxy) is 1. The lowest BCUT2D eigenvalue weighted by molar-refractivity contribution is 0.0268. The monoisotopic (exact) mass is 406 g/mol. The molecular weight excluding hydrogens is 376 g/mol. The summed E-state index contributed by atoms with van der Waals surface area (Å²) < 4.78 is 7.28. The number of benzene rings is 2. The van der Waals surface area contributed by atoms with Gasteiger partial charge in [-0.15, -0.1) is 0 Å². The van der Waals surface area contributed by atoms with E-state index in [4.69, 9.17) is 4.74 Å². The first-order valence-corrected chi connectivity index (χ1v) is 10.00. The van der Waals surface area contributed by atoms with Crippen LogP contribution in [0.15, 0.2) is 66.2 Å². The number of hydrogen-bond donors (Lipinski definition) is 2. The lowest BCUT2D eigenvalue weighted by Crippen LogP contribution is -2.45. The summed E-state index contributed by atoms with van der Waals surface area (Å²) in [4.78, 5) is 8.31. The number of methoxy groups -OCH3 is 1. The molecule has 0 atom stereocenters. The first-order valence-electron chi connectivity index (χ1n) is 10.00. The first-order chi connectivity index (χ1) is 14.5. The molecule has 30 heavy (non-hydrogen) atoms. The summed E-state index contributed by atoms with van der Waals surface area (Å²) in [5, 5.41) is 10.9. The topological polar surface area (TPSA) is 76.4 Å². The Morgan fingerprint density at radius 2 is 1.87 bits per heavy atom. The van der Waals surface area contributed by atoms with E-state index in [1.807, 2.05) is 18.5 Å². The average molecular weight is 407 g/mol. The van der Waals surface area contributed by atoms with E-state index in [0.29, 0.717) is 19.6 Å². The highest BCUT2D eigenvalue weighted by atomic mass is 16.5. The number of hydrogen-bond acceptors (Lipinski definition) is 4. The van der Waals surface area contributed by atoms with Crippen molar-refractivity contribution >= 4 is 5.96 Å². The van der Waals surface area contributed by atoms with Gasteiger partial charge >= 0.3 is 0 Å². The molecule has 158 valence electrons. The molecule has 0 unspecified atom stereocenters. The second-order valence-corrected chi connectivity index (χ2v) is 7.69. The van der Waals surface area contributed by atoms with Crippen molar-refractivity contribution in [2.45, 2.75) is 32.5 Å². The van der Waals surface area contributed by atoms with E-state index in [-0.39, 0.29) is 5.60 Å². The Morgan fingerprint density at radius 3 is 2.53 bits per heavy atom. The van der Waals surface area contributed by atoms with E-state index in [1.54, 1.807) is 26.8 Å². The Hall–Kier alpha value is -3.19. The van der Waals surface area contributed by atoms with Crippen molar-refractivity contribution in [3.05, 3.63) is 72.3 Å². The summed E-state index contributed by atoms with van der Waals surface area (Å²) in [7, 11) is 3.49. The predicted octanol–water partition coefficient (Wildman–Crippen LogP) is 3.08. The molecule has 3 aromatic rings. The van der Waals surface area contributed by atoms with Gasteiger partial charge in [0.15, 0.2) is 5.96 Å². The lowest BCUT2D eigenvalue weighted by Gasteiger charge is -2.24. The van der Waals surface area contributed by atoms with Crippen LogP contribution in [0.25, 0.3) is 11.1 Å². The molecule has 0 amide bonds. The maximum Gasteiger partial charge on any atom is 0.191 e. The smallest absolute Gasteiger partial charge is 0.191 e. The van der Waals surface area contributed by atoms with Crippen molar-refractivity contribution in [3.63, 3.8) is 0 Å². The second-order valence-electron chi connectivity index (χ2n) is 7.69. The molecule has 0 aliphatic rings. The van der Waals surface area contributed by atoms with Gasteiger partial charge in [-0.3, -0.25) is 4.99 Å². The molecule has 0 spiro atoms. The van der Waals surface area contributed by atoms with Crippen molar-refractivity contribution in [3.8, 4) is 11.1 Å². The van der Waals surface area contributed by atoms with Gasteiger partial charge in [-0.25, -0.2) is 9.67 Å². The Kier molecular flexibility index (Phi) is 7.19. The number of nitrogens with one attached hydrogen (secondary N) is 2. The van der Waals surface area contributed by atoms with E-state index in [0.717, 1.165) is 5.96 Å². The molecule has 0 fully saturated rings. The van der Waals surface area contributed by atoms with Crippen LogP contribution in [0.3, 0.4) is 0 Å². The van der Waals surface area contributed by atoms with Gasteiger partial charge < -0.3 is 15.4 Å². The zero-order valence-corrected chi connectivity index (χ0v) is 18.1. The molecule has 0 saturated heterocycles. The minimum absolute atomic E-state index is 0.260. The van der Waals surface area contributed by atoms with Crippen LogP contribution in [0.2, 0.25) is 0 Å². The fourth-order valence-corrected chi connectivity index (χ4v) is 3.02. The van der Waals surface area contributed by atoms with Crippen molar-refractivity contribution in [2.24, 2.45) is 4.99 Å². The van der Waals surface area contributed by atoms with Crippen molar-refractivity contribution < 1.29 is 4.74 Å². The molecule has 2 aromatic carbocycles. The Bertz CT molecular complexity index is 948. The van der Waals surface area contributed by atoms with E-state index >= 15 is 0 Å². The van der Waals surface area contributed by atoms with Gasteiger partial charge in [0.25, 0.3) is 0 Å².